The van der Waals surface area contributed by atoms with Crippen LogP contribution in [0.1, 0.15) is 18.4 Å². The quantitative estimate of drug-likeness (QED) is 0.874. The van der Waals surface area contributed by atoms with Gasteiger partial charge in [0.1, 0.15) is 5.75 Å². The van der Waals surface area contributed by atoms with Crippen molar-refractivity contribution in [1.82, 2.24) is 0 Å². The first-order chi connectivity index (χ1) is 9.92. The van der Waals surface area contributed by atoms with Crippen LogP contribution in [0.4, 0.5) is 0 Å². The first-order valence-corrected chi connectivity index (χ1v) is 8.35. The zero-order chi connectivity index (χ0) is 15.3. The standard InChI is InChI=1S/C14H18N2O4S/c15-9-12-1-3-13(4-2-12)20-10-14(11-21(16,17)18)5-7-19-8-6-14/h1-4H,5-8,10-11H2,(H2,16,17,18). The summed E-state index contributed by atoms with van der Waals surface area (Å²) in [5.41, 5.74) is 0.0346. The minimum Gasteiger partial charge on any atom is -0.493 e. The summed E-state index contributed by atoms with van der Waals surface area (Å²) < 4.78 is 33.9. The molecule has 0 aromatic heterocycles. The minimum atomic E-state index is -3.58. The van der Waals surface area contributed by atoms with E-state index in [1.54, 1.807) is 24.3 Å². The number of sulfonamides is 1. The Morgan fingerprint density at radius 1 is 1.29 bits per heavy atom. The highest BCUT2D eigenvalue weighted by Crippen LogP contribution is 2.32. The summed E-state index contributed by atoms with van der Waals surface area (Å²) >= 11 is 0. The van der Waals surface area contributed by atoms with Crippen molar-refractivity contribution in [2.24, 2.45) is 10.6 Å². The van der Waals surface area contributed by atoms with Crippen LogP contribution in [0.5, 0.6) is 5.75 Å². The fourth-order valence-corrected chi connectivity index (χ4v) is 3.65. The van der Waals surface area contributed by atoms with Crippen molar-refractivity contribution in [2.75, 3.05) is 25.6 Å². The van der Waals surface area contributed by atoms with Crippen LogP contribution in [0.15, 0.2) is 24.3 Å². The van der Waals surface area contributed by atoms with E-state index in [2.05, 4.69) is 0 Å². The fraction of sp³-hybridized carbons (Fsp3) is 0.500. The highest BCUT2D eigenvalue weighted by molar-refractivity contribution is 7.89. The summed E-state index contributed by atoms with van der Waals surface area (Å²) in [6.07, 6.45) is 1.19. The van der Waals surface area contributed by atoms with E-state index in [4.69, 9.17) is 19.9 Å². The summed E-state index contributed by atoms with van der Waals surface area (Å²) in [6, 6.07) is 8.74. The van der Waals surface area contributed by atoms with Crippen molar-refractivity contribution in [3.8, 4) is 11.8 Å². The monoisotopic (exact) mass is 310 g/mol. The van der Waals surface area contributed by atoms with Gasteiger partial charge in [0.25, 0.3) is 0 Å². The second-order valence-electron chi connectivity index (χ2n) is 5.34. The lowest BCUT2D eigenvalue weighted by atomic mass is 9.83. The molecule has 0 atom stereocenters. The summed E-state index contributed by atoms with van der Waals surface area (Å²) in [4.78, 5) is 0. The fourth-order valence-electron chi connectivity index (χ4n) is 2.42. The van der Waals surface area contributed by atoms with Gasteiger partial charge < -0.3 is 9.47 Å². The molecule has 1 aliphatic heterocycles. The van der Waals surface area contributed by atoms with Crippen molar-refractivity contribution >= 4 is 10.0 Å². The first-order valence-electron chi connectivity index (χ1n) is 6.64. The molecule has 1 fully saturated rings. The average Bonchev–Trinajstić information content (AvgIpc) is 2.45. The van der Waals surface area contributed by atoms with E-state index < -0.39 is 15.4 Å². The molecule has 6 nitrogen and oxygen atoms in total. The summed E-state index contributed by atoms with van der Waals surface area (Å²) in [6.45, 7) is 1.27. The van der Waals surface area contributed by atoms with Crippen LogP contribution in [-0.4, -0.2) is 34.0 Å². The van der Waals surface area contributed by atoms with Crippen molar-refractivity contribution in [1.29, 1.82) is 5.26 Å². The highest BCUT2D eigenvalue weighted by Gasteiger charge is 2.37. The molecular formula is C14H18N2O4S. The molecule has 0 unspecified atom stereocenters. The Balaban J connectivity index is 2.06. The molecule has 0 spiro atoms. The van der Waals surface area contributed by atoms with Crippen LogP contribution >= 0.6 is 0 Å². The van der Waals surface area contributed by atoms with Crippen LogP contribution in [0.3, 0.4) is 0 Å². The second kappa shape index (κ2) is 6.43. The molecule has 0 saturated carbocycles. The van der Waals surface area contributed by atoms with Gasteiger partial charge in [0.15, 0.2) is 0 Å². The molecule has 1 heterocycles. The third-order valence-corrected chi connectivity index (χ3v) is 4.60. The number of hydrogen-bond acceptors (Lipinski definition) is 5. The first kappa shape index (κ1) is 15.8. The number of ether oxygens (including phenoxy) is 2. The number of benzene rings is 1. The molecular weight excluding hydrogens is 292 g/mol. The van der Waals surface area contributed by atoms with Gasteiger partial charge in [-0.1, -0.05) is 0 Å². The van der Waals surface area contributed by atoms with Crippen molar-refractivity contribution in [3.05, 3.63) is 29.8 Å². The SMILES string of the molecule is N#Cc1ccc(OCC2(CS(N)(=O)=O)CCOCC2)cc1. The molecule has 2 rings (SSSR count). The molecule has 2 N–H and O–H groups in total. The van der Waals surface area contributed by atoms with Crippen LogP contribution in [0.2, 0.25) is 0 Å². The summed E-state index contributed by atoms with van der Waals surface area (Å²) in [5, 5.41) is 13.9. The molecule has 1 aliphatic rings. The lowest BCUT2D eigenvalue weighted by Gasteiger charge is -2.35. The van der Waals surface area contributed by atoms with E-state index in [-0.39, 0.29) is 12.4 Å². The number of rotatable bonds is 5. The average molecular weight is 310 g/mol. The number of nitriles is 1. The maximum atomic E-state index is 11.4. The highest BCUT2D eigenvalue weighted by atomic mass is 32.2. The maximum absolute atomic E-state index is 11.4. The number of nitrogens with zero attached hydrogens (tertiary/aromatic N) is 1. The van der Waals surface area contributed by atoms with Gasteiger partial charge in [-0.25, -0.2) is 13.6 Å². The van der Waals surface area contributed by atoms with E-state index in [1.165, 1.54) is 0 Å². The van der Waals surface area contributed by atoms with Gasteiger partial charge in [-0.15, -0.1) is 0 Å². The van der Waals surface area contributed by atoms with Gasteiger partial charge in [-0.05, 0) is 37.1 Å². The van der Waals surface area contributed by atoms with E-state index >= 15 is 0 Å². The Labute approximate surface area is 124 Å². The Bertz CT molecular complexity index is 613. The zero-order valence-electron chi connectivity index (χ0n) is 11.6. The molecule has 1 aromatic carbocycles. The topological polar surface area (TPSA) is 102 Å². The maximum Gasteiger partial charge on any atom is 0.209 e. The van der Waals surface area contributed by atoms with E-state index in [0.717, 1.165) is 0 Å². The number of nitrogens with two attached hydrogens (primary N) is 1. The van der Waals surface area contributed by atoms with E-state index in [9.17, 15) is 8.42 Å². The van der Waals surface area contributed by atoms with Gasteiger partial charge in [-0.3, -0.25) is 0 Å². The normalized spacial score (nSPS) is 17.9. The Kier molecular flexibility index (Phi) is 4.83. The predicted molar refractivity (Wildman–Crippen MR) is 77.1 cm³/mol. The molecule has 0 radical (unpaired) electrons. The molecule has 114 valence electrons. The minimum absolute atomic E-state index is 0.111. The molecule has 7 heteroatoms. The molecule has 0 amide bonds. The van der Waals surface area contributed by atoms with Gasteiger partial charge in [0, 0.05) is 18.6 Å². The third kappa shape index (κ3) is 4.70. The van der Waals surface area contributed by atoms with Gasteiger partial charge in [0.2, 0.25) is 10.0 Å². The second-order valence-corrected chi connectivity index (χ2v) is 6.96. The third-order valence-electron chi connectivity index (χ3n) is 3.59. The lowest BCUT2D eigenvalue weighted by molar-refractivity contribution is 0.00209. The molecule has 0 bridgehead atoms. The molecule has 0 aliphatic carbocycles. The van der Waals surface area contributed by atoms with Gasteiger partial charge in [0.05, 0.1) is 24.0 Å². The predicted octanol–water partition coefficient (Wildman–Crippen LogP) is 1.02. The van der Waals surface area contributed by atoms with Crippen molar-refractivity contribution in [3.63, 3.8) is 0 Å². The van der Waals surface area contributed by atoms with Gasteiger partial charge >= 0.3 is 0 Å². The lowest BCUT2D eigenvalue weighted by Crippen LogP contribution is -2.42. The largest absolute Gasteiger partial charge is 0.493 e. The van der Waals surface area contributed by atoms with Crippen molar-refractivity contribution in [2.45, 2.75) is 12.8 Å². The zero-order valence-corrected chi connectivity index (χ0v) is 12.4. The van der Waals surface area contributed by atoms with Crippen molar-refractivity contribution < 1.29 is 17.9 Å². The molecule has 21 heavy (non-hydrogen) atoms. The summed E-state index contributed by atoms with van der Waals surface area (Å²) in [7, 11) is -3.58. The van der Waals surface area contributed by atoms with E-state index in [0.29, 0.717) is 37.4 Å². The Hall–Kier alpha value is -1.62. The van der Waals surface area contributed by atoms with Crippen LogP contribution in [0.25, 0.3) is 0 Å². The molecule has 1 saturated heterocycles. The van der Waals surface area contributed by atoms with E-state index in [1.807, 2.05) is 6.07 Å². The number of primary sulfonamides is 1. The van der Waals surface area contributed by atoms with Crippen LogP contribution in [0, 0.1) is 16.7 Å². The Morgan fingerprint density at radius 2 is 1.90 bits per heavy atom. The van der Waals surface area contributed by atoms with Crippen LogP contribution in [-0.2, 0) is 14.8 Å². The smallest absolute Gasteiger partial charge is 0.209 e. The molecule has 1 aromatic rings. The Morgan fingerprint density at radius 3 is 2.43 bits per heavy atom. The summed E-state index contributed by atoms with van der Waals surface area (Å²) in [5.74, 6) is 0.494. The van der Waals surface area contributed by atoms with Gasteiger partial charge in [-0.2, -0.15) is 5.26 Å². The number of hydrogen-bond donors (Lipinski definition) is 1. The van der Waals surface area contributed by atoms with Crippen LogP contribution < -0.4 is 9.88 Å².